The smallest absolute Gasteiger partial charge is 0.176 e. The highest BCUT2D eigenvalue weighted by atomic mass is 79.9. The average Bonchev–Trinajstić information content (AvgIpc) is 2.71. The minimum absolute atomic E-state index is 0.00952. The first-order chi connectivity index (χ1) is 13.1. The van der Waals surface area contributed by atoms with E-state index in [0.717, 1.165) is 11.1 Å². The maximum atomic E-state index is 12.4. The van der Waals surface area contributed by atoms with Gasteiger partial charge in [-0.1, -0.05) is 76.6 Å². The van der Waals surface area contributed by atoms with Crippen LogP contribution < -0.4 is 9.47 Å². The molecular formula is C23H21BrO3. The van der Waals surface area contributed by atoms with Crippen LogP contribution in [0.1, 0.15) is 28.4 Å². The minimum atomic E-state index is -0.274. The molecule has 0 aromatic heterocycles. The Kier molecular flexibility index (Phi) is 6.66. The third-order valence-electron chi connectivity index (χ3n) is 4.02. The van der Waals surface area contributed by atoms with Gasteiger partial charge in [0.25, 0.3) is 0 Å². The van der Waals surface area contributed by atoms with Gasteiger partial charge in [0.1, 0.15) is 24.7 Å². The van der Waals surface area contributed by atoms with Crippen LogP contribution in [-0.4, -0.2) is 10.6 Å². The summed E-state index contributed by atoms with van der Waals surface area (Å²) < 4.78 is 11.8. The second kappa shape index (κ2) is 9.38. The molecule has 138 valence electrons. The van der Waals surface area contributed by atoms with Crippen LogP contribution in [-0.2, 0) is 13.2 Å². The number of rotatable bonds is 8. The molecule has 0 fully saturated rings. The Morgan fingerprint density at radius 2 is 1.26 bits per heavy atom. The molecule has 0 radical (unpaired) electrons. The Hall–Kier alpha value is -2.59. The van der Waals surface area contributed by atoms with Crippen molar-refractivity contribution in [3.05, 3.63) is 95.6 Å². The molecule has 3 aromatic carbocycles. The number of alkyl halides is 1. The monoisotopic (exact) mass is 424 g/mol. The molecule has 0 bridgehead atoms. The summed E-state index contributed by atoms with van der Waals surface area (Å²) in [5.41, 5.74) is 2.69. The molecule has 3 rings (SSSR count). The van der Waals surface area contributed by atoms with E-state index in [1.807, 2.05) is 73.7 Å². The lowest BCUT2D eigenvalue weighted by atomic mass is 10.1. The zero-order chi connectivity index (χ0) is 19.1. The Morgan fingerprint density at radius 3 is 1.67 bits per heavy atom. The summed E-state index contributed by atoms with van der Waals surface area (Å²) in [4.78, 5) is 12.2. The number of carbonyl (C=O) groups excluding carboxylic acids is 1. The summed E-state index contributed by atoms with van der Waals surface area (Å²) >= 11 is 3.35. The quantitative estimate of drug-likeness (QED) is 0.338. The van der Waals surface area contributed by atoms with Gasteiger partial charge in [0.15, 0.2) is 5.78 Å². The molecule has 0 spiro atoms. The molecule has 0 heterocycles. The van der Waals surface area contributed by atoms with Crippen LogP contribution in [0.4, 0.5) is 0 Å². The van der Waals surface area contributed by atoms with E-state index in [1.54, 1.807) is 12.1 Å². The molecule has 1 unspecified atom stereocenters. The molecule has 0 saturated heterocycles. The molecule has 0 amide bonds. The number of Topliss-reactive ketones (excluding diaryl/α,β-unsaturated/α-hetero) is 1. The number of benzene rings is 3. The molecule has 0 aliphatic rings. The number of halogens is 1. The zero-order valence-electron chi connectivity index (χ0n) is 15.1. The summed E-state index contributed by atoms with van der Waals surface area (Å²) in [6.45, 7) is 2.67. The van der Waals surface area contributed by atoms with Crippen molar-refractivity contribution in [3.8, 4) is 11.5 Å². The van der Waals surface area contributed by atoms with Crippen molar-refractivity contribution >= 4 is 21.7 Å². The van der Waals surface area contributed by atoms with Crippen LogP contribution >= 0.6 is 15.9 Å². The van der Waals surface area contributed by atoms with E-state index in [4.69, 9.17) is 9.47 Å². The lowest BCUT2D eigenvalue weighted by Crippen LogP contribution is -2.10. The van der Waals surface area contributed by atoms with E-state index in [-0.39, 0.29) is 10.6 Å². The van der Waals surface area contributed by atoms with Crippen LogP contribution in [0.2, 0.25) is 0 Å². The number of ketones is 1. The molecule has 3 nitrogen and oxygen atoms in total. The summed E-state index contributed by atoms with van der Waals surface area (Å²) in [6, 6.07) is 25.2. The Bertz CT molecular complexity index is 815. The first kappa shape index (κ1) is 19.2. The zero-order valence-corrected chi connectivity index (χ0v) is 16.7. The van der Waals surface area contributed by atoms with Crippen molar-refractivity contribution in [2.24, 2.45) is 0 Å². The van der Waals surface area contributed by atoms with Crippen LogP contribution in [0.25, 0.3) is 0 Å². The van der Waals surface area contributed by atoms with Crippen molar-refractivity contribution < 1.29 is 14.3 Å². The van der Waals surface area contributed by atoms with Crippen molar-refractivity contribution in [2.75, 3.05) is 0 Å². The minimum Gasteiger partial charge on any atom is -0.489 e. The number of carbonyl (C=O) groups is 1. The lowest BCUT2D eigenvalue weighted by molar-refractivity contribution is 0.0995. The van der Waals surface area contributed by atoms with Gasteiger partial charge < -0.3 is 9.47 Å². The second-order valence-electron chi connectivity index (χ2n) is 6.22. The largest absolute Gasteiger partial charge is 0.489 e. The molecule has 0 aliphatic carbocycles. The van der Waals surface area contributed by atoms with E-state index >= 15 is 0 Å². The highest BCUT2D eigenvalue weighted by molar-refractivity contribution is 9.10. The summed E-state index contributed by atoms with van der Waals surface area (Å²) in [6.07, 6.45) is 0. The van der Waals surface area contributed by atoms with E-state index in [9.17, 15) is 4.79 Å². The Labute approximate surface area is 168 Å². The molecule has 1 atom stereocenters. The van der Waals surface area contributed by atoms with E-state index in [1.165, 1.54) is 0 Å². The van der Waals surface area contributed by atoms with Gasteiger partial charge in [-0.15, -0.1) is 0 Å². The number of hydrogen-bond acceptors (Lipinski definition) is 3. The van der Waals surface area contributed by atoms with Crippen LogP contribution in [0.5, 0.6) is 11.5 Å². The maximum Gasteiger partial charge on any atom is 0.176 e. The average molecular weight is 425 g/mol. The maximum absolute atomic E-state index is 12.4. The molecule has 27 heavy (non-hydrogen) atoms. The molecule has 0 N–H and O–H groups in total. The van der Waals surface area contributed by atoms with Crippen LogP contribution in [0.15, 0.2) is 78.9 Å². The first-order valence-corrected chi connectivity index (χ1v) is 9.70. The van der Waals surface area contributed by atoms with E-state index < -0.39 is 0 Å². The third kappa shape index (κ3) is 5.69. The molecule has 0 saturated carbocycles. The SMILES string of the molecule is CC(Br)C(=O)c1cc(OCc2ccccc2)cc(OCc2ccccc2)c1. The fraction of sp³-hybridized carbons (Fsp3) is 0.174. The second-order valence-corrected chi connectivity index (χ2v) is 7.60. The fourth-order valence-electron chi connectivity index (χ4n) is 2.59. The van der Waals surface area contributed by atoms with Crippen molar-refractivity contribution in [1.29, 1.82) is 0 Å². The third-order valence-corrected chi connectivity index (χ3v) is 4.44. The molecule has 3 aromatic rings. The predicted octanol–water partition coefficient (Wildman–Crippen LogP) is 5.81. The lowest BCUT2D eigenvalue weighted by Gasteiger charge is -2.13. The fourth-order valence-corrected chi connectivity index (χ4v) is 2.86. The van der Waals surface area contributed by atoms with Gasteiger partial charge in [-0.05, 0) is 30.2 Å². The molecule has 0 aliphatic heterocycles. The van der Waals surface area contributed by atoms with E-state index in [2.05, 4.69) is 15.9 Å². The topological polar surface area (TPSA) is 35.5 Å². The summed E-state index contributed by atoms with van der Waals surface area (Å²) in [7, 11) is 0. The van der Waals surface area contributed by atoms with Gasteiger partial charge >= 0.3 is 0 Å². The predicted molar refractivity (Wildman–Crippen MR) is 111 cm³/mol. The molecule has 4 heteroatoms. The van der Waals surface area contributed by atoms with Crippen molar-refractivity contribution in [2.45, 2.75) is 25.0 Å². The first-order valence-electron chi connectivity index (χ1n) is 8.78. The Morgan fingerprint density at radius 1 is 0.815 bits per heavy atom. The van der Waals surface area contributed by atoms with Gasteiger partial charge in [0.05, 0.1) is 4.83 Å². The number of ether oxygens (including phenoxy) is 2. The van der Waals surface area contributed by atoms with Gasteiger partial charge in [-0.3, -0.25) is 4.79 Å². The number of hydrogen-bond donors (Lipinski definition) is 0. The van der Waals surface area contributed by atoms with Gasteiger partial charge in [0.2, 0.25) is 0 Å². The van der Waals surface area contributed by atoms with Gasteiger partial charge in [-0.2, -0.15) is 0 Å². The normalized spacial score (nSPS) is 11.6. The standard InChI is InChI=1S/C23H21BrO3/c1-17(24)23(25)20-12-21(26-15-18-8-4-2-5-9-18)14-22(13-20)27-16-19-10-6-3-7-11-19/h2-14,17H,15-16H2,1H3. The van der Waals surface area contributed by atoms with E-state index in [0.29, 0.717) is 30.3 Å². The van der Waals surface area contributed by atoms with Crippen molar-refractivity contribution in [3.63, 3.8) is 0 Å². The Balaban J connectivity index is 1.78. The highest BCUT2D eigenvalue weighted by Gasteiger charge is 2.15. The van der Waals surface area contributed by atoms with Crippen LogP contribution in [0.3, 0.4) is 0 Å². The highest BCUT2D eigenvalue weighted by Crippen LogP contribution is 2.26. The van der Waals surface area contributed by atoms with Gasteiger partial charge in [0, 0.05) is 11.6 Å². The summed E-state index contributed by atoms with van der Waals surface area (Å²) in [5, 5.41) is 0. The summed E-state index contributed by atoms with van der Waals surface area (Å²) in [5.74, 6) is 1.21. The molecular weight excluding hydrogens is 404 g/mol. The van der Waals surface area contributed by atoms with Gasteiger partial charge in [-0.25, -0.2) is 0 Å². The van der Waals surface area contributed by atoms with Crippen molar-refractivity contribution in [1.82, 2.24) is 0 Å². The van der Waals surface area contributed by atoms with Crippen LogP contribution in [0, 0.1) is 0 Å².